The molecule has 2 heterocycles. The molecule has 0 unspecified atom stereocenters. The number of methoxy groups -OCH3 is 1. The Bertz CT molecular complexity index is 1040. The maximum atomic E-state index is 12.4. The van der Waals surface area contributed by atoms with Gasteiger partial charge in [0.2, 0.25) is 0 Å². The maximum Gasteiger partial charge on any atom is 0.272 e. The first-order valence-electron chi connectivity index (χ1n) is 9.44. The Kier molecular flexibility index (Phi) is 5.06. The molecule has 1 aliphatic carbocycles. The Morgan fingerprint density at radius 1 is 1.11 bits per heavy atom. The lowest BCUT2D eigenvalue weighted by Gasteiger charge is -2.29. The van der Waals surface area contributed by atoms with Crippen molar-refractivity contribution in [1.29, 1.82) is 0 Å². The van der Waals surface area contributed by atoms with E-state index in [1.165, 1.54) is 0 Å². The van der Waals surface area contributed by atoms with Crippen LogP contribution in [-0.4, -0.2) is 34.2 Å². The van der Waals surface area contributed by atoms with Gasteiger partial charge in [-0.3, -0.25) is 9.59 Å². The molecule has 1 fully saturated rings. The van der Waals surface area contributed by atoms with Crippen LogP contribution in [0.25, 0.3) is 10.8 Å². The van der Waals surface area contributed by atoms with Crippen molar-refractivity contribution in [3.8, 4) is 5.75 Å². The Hall–Kier alpha value is -3.22. The van der Waals surface area contributed by atoms with Crippen molar-refractivity contribution in [3.05, 3.63) is 64.3 Å². The van der Waals surface area contributed by atoms with E-state index in [4.69, 9.17) is 4.74 Å². The lowest BCUT2D eigenvalue weighted by molar-refractivity contribution is 0.0920. The highest BCUT2D eigenvalue weighted by Gasteiger charge is 2.26. The van der Waals surface area contributed by atoms with Gasteiger partial charge in [0.1, 0.15) is 11.4 Å². The number of nitrogens with zero attached hydrogens (tertiary/aromatic N) is 2. The standard InChI is InChI=1S/C21H22N4O3/c1-28-15-10-11-18(22-12-15)21(27)23-14-8-6-13(7-9-14)19-16-4-2-3-5-17(16)20(26)25-24-19/h2-5,10-14H,6-9H2,1H3,(H,23,27)(H,25,26). The van der Waals surface area contributed by atoms with Gasteiger partial charge in [-0.2, -0.15) is 5.10 Å². The average Bonchev–Trinajstić information content (AvgIpc) is 2.75. The van der Waals surface area contributed by atoms with Crippen molar-refractivity contribution in [3.63, 3.8) is 0 Å². The van der Waals surface area contributed by atoms with Gasteiger partial charge in [0.05, 0.1) is 24.4 Å². The zero-order valence-electron chi connectivity index (χ0n) is 15.6. The van der Waals surface area contributed by atoms with Gasteiger partial charge in [0, 0.05) is 17.3 Å². The second-order valence-corrected chi connectivity index (χ2v) is 7.09. The predicted molar refractivity (Wildman–Crippen MR) is 106 cm³/mol. The van der Waals surface area contributed by atoms with Gasteiger partial charge >= 0.3 is 0 Å². The summed E-state index contributed by atoms with van der Waals surface area (Å²) < 4.78 is 5.07. The van der Waals surface area contributed by atoms with Crippen molar-refractivity contribution in [2.24, 2.45) is 0 Å². The highest BCUT2D eigenvalue weighted by molar-refractivity contribution is 5.92. The molecule has 1 amide bonds. The summed E-state index contributed by atoms with van der Waals surface area (Å²) in [6, 6.07) is 11.1. The minimum atomic E-state index is -0.168. The zero-order chi connectivity index (χ0) is 19.5. The summed E-state index contributed by atoms with van der Waals surface area (Å²) in [5.41, 5.74) is 1.17. The largest absolute Gasteiger partial charge is 0.495 e. The van der Waals surface area contributed by atoms with E-state index in [1.54, 1.807) is 25.4 Å². The van der Waals surface area contributed by atoms with Gasteiger partial charge in [0.15, 0.2) is 0 Å². The van der Waals surface area contributed by atoms with E-state index in [9.17, 15) is 9.59 Å². The molecule has 4 rings (SSSR count). The molecule has 1 saturated carbocycles. The van der Waals surface area contributed by atoms with Crippen molar-refractivity contribution < 1.29 is 9.53 Å². The number of carbonyl (C=O) groups excluding carboxylic acids is 1. The van der Waals surface area contributed by atoms with Gasteiger partial charge < -0.3 is 10.1 Å². The Labute approximate surface area is 162 Å². The van der Waals surface area contributed by atoms with E-state index in [0.717, 1.165) is 36.8 Å². The number of aromatic nitrogens is 3. The molecule has 2 aromatic heterocycles. The molecule has 0 saturated heterocycles. The fourth-order valence-electron chi connectivity index (χ4n) is 3.85. The van der Waals surface area contributed by atoms with Crippen LogP contribution in [0.5, 0.6) is 5.75 Å². The number of hydrogen-bond donors (Lipinski definition) is 2. The van der Waals surface area contributed by atoms with Crippen LogP contribution in [0.1, 0.15) is 47.8 Å². The predicted octanol–water partition coefficient (Wildman–Crippen LogP) is 2.78. The summed E-state index contributed by atoms with van der Waals surface area (Å²) in [4.78, 5) is 28.5. The number of carbonyl (C=O) groups is 1. The number of amides is 1. The zero-order valence-corrected chi connectivity index (χ0v) is 15.6. The second kappa shape index (κ2) is 7.80. The van der Waals surface area contributed by atoms with Gasteiger partial charge in [-0.25, -0.2) is 10.1 Å². The smallest absolute Gasteiger partial charge is 0.272 e. The summed E-state index contributed by atoms with van der Waals surface area (Å²) in [7, 11) is 1.57. The third kappa shape index (κ3) is 3.60. The lowest BCUT2D eigenvalue weighted by Crippen LogP contribution is -2.37. The molecule has 1 aromatic carbocycles. The highest BCUT2D eigenvalue weighted by atomic mass is 16.5. The third-order valence-corrected chi connectivity index (χ3v) is 5.38. The number of nitrogens with one attached hydrogen (secondary N) is 2. The lowest BCUT2D eigenvalue weighted by atomic mass is 9.82. The summed E-state index contributed by atoms with van der Waals surface area (Å²) in [5.74, 6) is 0.727. The average molecular weight is 378 g/mol. The maximum absolute atomic E-state index is 12.4. The number of H-pyrrole nitrogens is 1. The van der Waals surface area contributed by atoms with Gasteiger partial charge in [-0.1, -0.05) is 18.2 Å². The van der Waals surface area contributed by atoms with E-state index >= 15 is 0 Å². The molecule has 7 heteroatoms. The molecule has 7 nitrogen and oxygen atoms in total. The molecule has 144 valence electrons. The number of fused-ring (bicyclic) bond motifs is 1. The topological polar surface area (TPSA) is 97.0 Å². The summed E-state index contributed by atoms with van der Waals surface area (Å²) in [6.45, 7) is 0. The molecule has 0 atom stereocenters. The number of benzene rings is 1. The minimum Gasteiger partial charge on any atom is -0.495 e. The normalized spacial score (nSPS) is 19.3. The molecule has 0 radical (unpaired) electrons. The third-order valence-electron chi connectivity index (χ3n) is 5.38. The van der Waals surface area contributed by atoms with Crippen LogP contribution in [0.3, 0.4) is 0 Å². The molecule has 3 aromatic rings. The quantitative estimate of drug-likeness (QED) is 0.728. The first-order valence-corrected chi connectivity index (χ1v) is 9.44. The summed E-state index contributed by atoms with van der Waals surface area (Å²) in [5, 5.41) is 11.6. The Morgan fingerprint density at radius 2 is 1.86 bits per heavy atom. The molecule has 2 N–H and O–H groups in total. The van der Waals surface area contributed by atoms with Gasteiger partial charge in [0.25, 0.3) is 11.5 Å². The molecule has 1 aliphatic rings. The molecular weight excluding hydrogens is 356 g/mol. The number of hydrogen-bond acceptors (Lipinski definition) is 5. The van der Waals surface area contributed by atoms with Gasteiger partial charge in [-0.15, -0.1) is 0 Å². The Morgan fingerprint density at radius 3 is 2.54 bits per heavy atom. The van der Waals surface area contributed by atoms with Crippen LogP contribution in [0.15, 0.2) is 47.4 Å². The van der Waals surface area contributed by atoms with E-state index < -0.39 is 0 Å². The molecule has 0 spiro atoms. The van der Waals surface area contributed by atoms with Crippen LogP contribution in [0.2, 0.25) is 0 Å². The van der Waals surface area contributed by atoms with E-state index in [1.807, 2.05) is 24.3 Å². The SMILES string of the molecule is COc1ccc(C(=O)NC2CCC(c3n[nH]c(=O)c4ccccc34)CC2)nc1. The highest BCUT2D eigenvalue weighted by Crippen LogP contribution is 2.34. The monoisotopic (exact) mass is 378 g/mol. The number of rotatable bonds is 4. The van der Waals surface area contributed by atoms with Crippen molar-refractivity contribution in [1.82, 2.24) is 20.5 Å². The minimum absolute atomic E-state index is 0.113. The van der Waals surface area contributed by atoms with E-state index in [2.05, 4.69) is 20.5 Å². The van der Waals surface area contributed by atoms with Crippen LogP contribution in [0.4, 0.5) is 0 Å². The fraction of sp³-hybridized carbons (Fsp3) is 0.333. The summed E-state index contributed by atoms with van der Waals surface area (Å²) >= 11 is 0. The second-order valence-electron chi connectivity index (χ2n) is 7.09. The number of aromatic amines is 1. The van der Waals surface area contributed by atoms with E-state index in [-0.39, 0.29) is 23.4 Å². The molecular formula is C21H22N4O3. The number of ether oxygens (including phenoxy) is 1. The summed E-state index contributed by atoms with van der Waals surface area (Å²) in [6.07, 6.45) is 5.08. The van der Waals surface area contributed by atoms with Crippen molar-refractivity contribution in [2.45, 2.75) is 37.6 Å². The van der Waals surface area contributed by atoms with Crippen molar-refractivity contribution >= 4 is 16.7 Å². The van der Waals surface area contributed by atoms with Crippen molar-refractivity contribution in [2.75, 3.05) is 7.11 Å². The molecule has 0 aliphatic heterocycles. The first kappa shape index (κ1) is 18.2. The number of pyridine rings is 1. The Balaban J connectivity index is 1.42. The van der Waals surface area contributed by atoms with Gasteiger partial charge in [-0.05, 0) is 43.9 Å². The fourth-order valence-corrected chi connectivity index (χ4v) is 3.85. The van der Waals surface area contributed by atoms with E-state index in [0.29, 0.717) is 16.8 Å². The molecule has 28 heavy (non-hydrogen) atoms. The molecule has 0 bridgehead atoms. The van der Waals surface area contributed by atoms with Crippen LogP contribution in [-0.2, 0) is 0 Å². The van der Waals surface area contributed by atoms with Crippen LogP contribution < -0.4 is 15.6 Å². The van der Waals surface area contributed by atoms with Crippen LogP contribution >= 0.6 is 0 Å². The first-order chi connectivity index (χ1) is 13.7. The van der Waals surface area contributed by atoms with Crippen LogP contribution in [0, 0.1) is 0 Å².